The molecule has 3 N–H and O–H groups in total. The van der Waals surface area contributed by atoms with Crippen molar-refractivity contribution in [2.24, 2.45) is 0 Å². The summed E-state index contributed by atoms with van der Waals surface area (Å²) in [5.41, 5.74) is 6.82. The summed E-state index contributed by atoms with van der Waals surface area (Å²) in [6.07, 6.45) is 3.37. The topological polar surface area (TPSA) is 80.9 Å². The minimum atomic E-state index is -0.258. The zero-order valence-electron chi connectivity index (χ0n) is 11.8. The third kappa shape index (κ3) is 3.70. The fourth-order valence-corrected chi connectivity index (χ4v) is 2.04. The van der Waals surface area contributed by atoms with Crippen molar-refractivity contribution in [2.75, 3.05) is 12.3 Å². The summed E-state index contributed by atoms with van der Waals surface area (Å²) >= 11 is 6.10. The highest BCUT2D eigenvalue weighted by atomic mass is 35.5. The molecule has 1 aromatic carbocycles. The molecule has 1 heterocycles. The molecule has 0 saturated heterocycles. The maximum atomic E-state index is 12.0. The van der Waals surface area contributed by atoms with Gasteiger partial charge in [-0.15, -0.1) is 0 Å². The lowest BCUT2D eigenvalue weighted by Crippen LogP contribution is -2.25. The molecule has 6 heteroatoms. The molecule has 0 fully saturated rings. The summed E-state index contributed by atoms with van der Waals surface area (Å²) in [4.78, 5) is 20.3. The van der Waals surface area contributed by atoms with Crippen molar-refractivity contribution < 1.29 is 4.79 Å². The molecule has 1 aromatic heterocycles. The molecule has 0 spiro atoms. The van der Waals surface area contributed by atoms with Gasteiger partial charge in [-0.2, -0.15) is 0 Å². The molecular formula is C15H17ClN4O. The van der Waals surface area contributed by atoms with E-state index in [4.69, 9.17) is 17.3 Å². The van der Waals surface area contributed by atoms with E-state index in [9.17, 15) is 4.79 Å². The zero-order chi connectivity index (χ0) is 15.2. The van der Waals surface area contributed by atoms with E-state index in [1.54, 1.807) is 12.1 Å². The van der Waals surface area contributed by atoms with Crippen molar-refractivity contribution in [3.63, 3.8) is 0 Å². The molecule has 2 rings (SSSR count). The van der Waals surface area contributed by atoms with Crippen LogP contribution < -0.4 is 11.1 Å². The number of hydrogen-bond acceptors (Lipinski definition) is 4. The Morgan fingerprint density at radius 2 is 2.14 bits per heavy atom. The van der Waals surface area contributed by atoms with Crippen LogP contribution in [0.4, 0.5) is 5.82 Å². The molecule has 0 radical (unpaired) electrons. The highest BCUT2D eigenvalue weighted by Crippen LogP contribution is 2.25. The Kier molecular flexibility index (Phi) is 5.11. The van der Waals surface area contributed by atoms with Gasteiger partial charge in [0.1, 0.15) is 5.82 Å². The molecule has 1 amide bonds. The van der Waals surface area contributed by atoms with Gasteiger partial charge >= 0.3 is 0 Å². The normalized spacial score (nSPS) is 10.4. The molecule has 0 atom stereocenters. The first-order chi connectivity index (χ1) is 10.1. The van der Waals surface area contributed by atoms with E-state index in [1.165, 1.54) is 6.20 Å². The Hall–Kier alpha value is -2.14. The Morgan fingerprint density at radius 3 is 2.81 bits per heavy atom. The highest BCUT2D eigenvalue weighted by molar-refractivity contribution is 6.33. The van der Waals surface area contributed by atoms with Crippen molar-refractivity contribution in [3.8, 4) is 11.4 Å². The lowest BCUT2D eigenvalue weighted by molar-refractivity contribution is 0.0953. The second-order valence-electron chi connectivity index (χ2n) is 4.58. The van der Waals surface area contributed by atoms with Gasteiger partial charge in [-0.3, -0.25) is 4.79 Å². The zero-order valence-corrected chi connectivity index (χ0v) is 12.5. The summed E-state index contributed by atoms with van der Waals surface area (Å²) in [7, 11) is 0. The monoisotopic (exact) mass is 304 g/mol. The quantitative estimate of drug-likeness (QED) is 0.832. The summed E-state index contributed by atoms with van der Waals surface area (Å²) in [5, 5.41) is 3.33. The maximum absolute atomic E-state index is 12.0. The van der Waals surface area contributed by atoms with Crippen molar-refractivity contribution in [2.45, 2.75) is 19.8 Å². The first-order valence-corrected chi connectivity index (χ1v) is 7.17. The maximum Gasteiger partial charge on any atom is 0.256 e. The van der Waals surface area contributed by atoms with Gasteiger partial charge in [-0.1, -0.05) is 37.1 Å². The van der Waals surface area contributed by atoms with E-state index in [0.717, 1.165) is 12.8 Å². The third-order valence-electron chi connectivity index (χ3n) is 2.99. The predicted molar refractivity (Wildman–Crippen MR) is 84.1 cm³/mol. The molecule has 2 aromatic rings. The van der Waals surface area contributed by atoms with E-state index in [2.05, 4.69) is 22.2 Å². The van der Waals surface area contributed by atoms with Gasteiger partial charge in [-0.05, 0) is 18.6 Å². The summed E-state index contributed by atoms with van der Waals surface area (Å²) < 4.78 is 0. The van der Waals surface area contributed by atoms with Crippen LogP contribution >= 0.6 is 11.6 Å². The molecule has 0 aliphatic heterocycles. The van der Waals surface area contributed by atoms with Crippen LogP contribution in [0.15, 0.2) is 30.5 Å². The molecule has 0 aliphatic rings. The van der Waals surface area contributed by atoms with Crippen LogP contribution in [0.3, 0.4) is 0 Å². The number of amides is 1. The standard InChI is InChI=1S/C15H17ClN4O/c1-2-3-8-18-15(21)11-9-19-14(20-13(11)17)10-6-4-5-7-12(10)16/h4-7,9H,2-3,8H2,1H3,(H,18,21)(H2,17,19,20). The van der Waals surface area contributed by atoms with Crippen LogP contribution in [0.5, 0.6) is 0 Å². The molecular weight excluding hydrogens is 288 g/mol. The van der Waals surface area contributed by atoms with Gasteiger partial charge < -0.3 is 11.1 Å². The third-order valence-corrected chi connectivity index (χ3v) is 3.32. The summed E-state index contributed by atoms with van der Waals surface area (Å²) in [6.45, 7) is 2.67. The molecule has 0 unspecified atom stereocenters. The summed E-state index contributed by atoms with van der Waals surface area (Å²) in [6, 6.07) is 7.22. The number of rotatable bonds is 5. The summed E-state index contributed by atoms with van der Waals surface area (Å²) in [5.74, 6) is 0.295. The fraction of sp³-hybridized carbons (Fsp3) is 0.267. The number of halogens is 1. The van der Waals surface area contributed by atoms with E-state index in [0.29, 0.717) is 23.0 Å². The number of benzene rings is 1. The first-order valence-electron chi connectivity index (χ1n) is 6.79. The van der Waals surface area contributed by atoms with E-state index in [1.807, 2.05) is 12.1 Å². The SMILES string of the molecule is CCCCNC(=O)c1cnc(-c2ccccc2Cl)nc1N. The van der Waals surface area contributed by atoms with Crippen LogP contribution in [0.2, 0.25) is 5.02 Å². The van der Waals surface area contributed by atoms with E-state index >= 15 is 0 Å². The molecule has 0 saturated carbocycles. The smallest absolute Gasteiger partial charge is 0.256 e. The Labute approximate surface area is 128 Å². The predicted octanol–water partition coefficient (Wildman–Crippen LogP) is 2.91. The molecule has 110 valence electrons. The van der Waals surface area contributed by atoms with Crippen molar-refractivity contribution in [1.82, 2.24) is 15.3 Å². The molecule has 5 nitrogen and oxygen atoms in total. The van der Waals surface area contributed by atoms with Crippen molar-refractivity contribution >= 4 is 23.3 Å². The molecule has 21 heavy (non-hydrogen) atoms. The van der Waals surface area contributed by atoms with Gasteiger partial charge in [0.2, 0.25) is 0 Å². The average molecular weight is 305 g/mol. The van der Waals surface area contributed by atoms with Crippen molar-refractivity contribution in [1.29, 1.82) is 0 Å². The fourth-order valence-electron chi connectivity index (χ4n) is 1.82. The van der Waals surface area contributed by atoms with Crippen LogP contribution in [0.25, 0.3) is 11.4 Å². The van der Waals surface area contributed by atoms with E-state index in [-0.39, 0.29) is 17.3 Å². The first kappa shape index (κ1) is 15.3. The lowest BCUT2D eigenvalue weighted by Gasteiger charge is -2.08. The van der Waals surface area contributed by atoms with Gasteiger partial charge in [0.25, 0.3) is 5.91 Å². The average Bonchev–Trinajstić information content (AvgIpc) is 2.47. The van der Waals surface area contributed by atoms with Crippen molar-refractivity contribution in [3.05, 3.63) is 41.0 Å². The minimum Gasteiger partial charge on any atom is -0.383 e. The number of nitrogens with two attached hydrogens (primary N) is 1. The Bertz CT molecular complexity index is 645. The number of carbonyl (C=O) groups excluding carboxylic acids is 1. The largest absolute Gasteiger partial charge is 0.383 e. The molecule has 0 aliphatic carbocycles. The highest BCUT2D eigenvalue weighted by Gasteiger charge is 2.14. The van der Waals surface area contributed by atoms with Gasteiger partial charge in [0.05, 0.1) is 10.6 Å². The number of anilines is 1. The van der Waals surface area contributed by atoms with Gasteiger partial charge in [0.15, 0.2) is 5.82 Å². The van der Waals surface area contributed by atoms with Crippen LogP contribution in [0, 0.1) is 0 Å². The van der Waals surface area contributed by atoms with Crippen LogP contribution in [-0.4, -0.2) is 22.4 Å². The van der Waals surface area contributed by atoms with Gasteiger partial charge in [0, 0.05) is 18.3 Å². The number of carbonyl (C=O) groups is 1. The number of hydrogen-bond donors (Lipinski definition) is 2. The second-order valence-corrected chi connectivity index (χ2v) is 4.99. The number of aromatic nitrogens is 2. The number of nitrogens with zero attached hydrogens (tertiary/aromatic N) is 2. The lowest BCUT2D eigenvalue weighted by atomic mass is 10.2. The molecule has 0 bridgehead atoms. The minimum absolute atomic E-state index is 0.147. The van der Waals surface area contributed by atoms with E-state index < -0.39 is 0 Å². The number of nitrogen functional groups attached to an aromatic ring is 1. The van der Waals surface area contributed by atoms with Gasteiger partial charge in [-0.25, -0.2) is 9.97 Å². The number of nitrogens with one attached hydrogen (secondary N) is 1. The Balaban J connectivity index is 2.22. The number of unbranched alkanes of at least 4 members (excludes halogenated alkanes) is 1. The van der Waals surface area contributed by atoms with Crippen LogP contribution in [-0.2, 0) is 0 Å². The Morgan fingerprint density at radius 1 is 1.38 bits per heavy atom. The van der Waals surface area contributed by atoms with Crippen LogP contribution in [0.1, 0.15) is 30.1 Å². The second kappa shape index (κ2) is 7.04.